The quantitative estimate of drug-likeness (QED) is 0.0203. The Labute approximate surface area is 581 Å². The Morgan fingerprint density at radius 2 is 1.42 bits per heavy atom. The maximum atomic E-state index is 17.0. The van der Waals surface area contributed by atoms with Gasteiger partial charge in [0.2, 0.25) is 23.6 Å². The lowest BCUT2D eigenvalue weighted by Gasteiger charge is -2.29. The maximum Gasteiger partial charge on any atom is 0.697 e. The summed E-state index contributed by atoms with van der Waals surface area (Å²) in [5, 5.41) is 27.2. The number of hydrogen-bond acceptors (Lipinski definition) is 27. The molecule has 3 saturated heterocycles. The molecule has 8 N–H and O–H groups in total. The number of aliphatic hydroxyl groups is 1. The van der Waals surface area contributed by atoms with Crippen LogP contribution >= 0.6 is 35.1 Å². The van der Waals surface area contributed by atoms with Crippen molar-refractivity contribution in [1.82, 2.24) is 64.7 Å². The lowest BCUT2D eigenvalue weighted by atomic mass is 9.95. The summed E-state index contributed by atoms with van der Waals surface area (Å²) in [6.45, 7) is -4.91. The topological polar surface area (TPSA) is 423 Å². The Kier molecular flexibility index (Phi) is 24.1. The summed E-state index contributed by atoms with van der Waals surface area (Å²) in [5.74, 6) is -1.12. The van der Waals surface area contributed by atoms with Gasteiger partial charge >= 0.3 is 23.7 Å². The number of halogens is 2. The van der Waals surface area contributed by atoms with Gasteiger partial charge < -0.3 is 51.6 Å². The number of benzene rings is 3. The first kappa shape index (κ1) is 72.4. The first-order valence-electron chi connectivity index (χ1n) is 32.4. The van der Waals surface area contributed by atoms with Crippen molar-refractivity contribution in [2.75, 3.05) is 67.8 Å². The number of ether oxygens (including phenoxy) is 3. The summed E-state index contributed by atoms with van der Waals surface area (Å²) in [6.07, 6.45) is -5.65. The Balaban J connectivity index is 0.621. The van der Waals surface area contributed by atoms with Crippen molar-refractivity contribution in [2.24, 2.45) is 0 Å². The number of nitrogens with zero attached hydrogens (tertiary/aromatic N) is 12. The van der Waals surface area contributed by atoms with Gasteiger partial charge in [-0.1, -0.05) is 66.2 Å². The molecule has 534 valence electrons. The van der Waals surface area contributed by atoms with Crippen LogP contribution in [-0.2, 0) is 88.5 Å². The Bertz CT molecular complexity index is 4340. The van der Waals surface area contributed by atoms with Crippen molar-refractivity contribution >= 4 is 104 Å². The number of unbranched alkanes of at least 4 members (excludes halogenated alkanes) is 3. The van der Waals surface area contributed by atoms with E-state index < -0.39 is 98.2 Å². The Morgan fingerprint density at radius 1 is 0.762 bits per heavy atom. The molecule has 12 rings (SSSR count). The van der Waals surface area contributed by atoms with E-state index in [2.05, 4.69) is 60.7 Å². The second-order valence-electron chi connectivity index (χ2n) is 23.9. The molecule has 33 nitrogen and oxygen atoms in total. The van der Waals surface area contributed by atoms with Crippen LogP contribution in [0, 0.1) is 0 Å². The largest absolute Gasteiger partial charge is 0.697 e. The molecule has 0 saturated carbocycles. The molecule has 3 aromatic carbocycles. The van der Waals surface area contributed by atoms with Crippen LogP contribution in [0.5, 0.6) is 0 Å². The van der Waals surface area contributed by atoms with E-state index in [-0.39, 0.29) is 96.5 Å². The minimum atomic E-state index is -4.59. The van der Waals surface area contributed by atoms with E-state index in [1.54, 1.807) is 29.2 Å². The first-order chi connectivity index (χ1) is 49.0. The number of nitrogen functional groups attached to an aromatic ring is 2. The van der Waals surface area contributed by atoms with E-state index >= 15 is 13.3 Å². The van der Waals surface area contributed by atoms with Gasteiger partial charge in [0.25, 0.3) is 0 Å². The highest BCUT2D eigenvalue weighted by Gasteiger charge is 2.56. The standard InChI is InChI=1S/C62H70F2N17O16P3S/c63-49-55-44(95-61(49)79-34-73-52-57(65)69-32-71-59(52)79)30-93-100(89,97-56-43(29-92-99(88)96-55)94-62(50(56)64)80-35-74-53-58(66)70-33-72-60(53)80)101-31-36-18-20-38(21-19-36)75-47(85)25-68-46(84)15-2-1-9-23-81-54-41-13-5-6-14-42(41)78(26-37-11-3-4-12-40(37)51(54)76-77-81)48(86)17-8-7-16-45(83)67-22-10-24-90-27-39(82)28-91-98-87/h3-6,11-14,18-21,32-35,39,43-44,49-50,55-56,61-62,82H,1-2,7-10,15-17,22-31H2,(H6-,65,66,67,68,69,70,71,72,75,83,84,85)/p+1/t39?,43-,44-,49-,50-,55-,56-,61-,62-,100+/m1/s1. The lowest BCUT2D eigenvalue weighted by Crippen LogP contribution is -2.36. The van der Waals surface area contributed by atoms with Crippen LogP contribution in [0.15, 0.2) is 98.1 Å². The number of imidazole rings is 2. The van der Waals surface area contributed by atoms with Gasteiger partial charge in [0.15, 0.2) is 53.8 Å². The van der Waals surface area contributed by atoms with E-state index in [1.807, 2.05) is 53.2 Å². The van der Waals surface area contributed by atoms with Crippen molar-refractivity contribution in [1.29, 1.82) is 0 Å². The number of carbonyl (C=O) groups is 4. The highest BCUT2D eigenvalue weighted by atomic mass is 32.7. The summed E-state index contributed by atoms with van der Waals surface area (Å²) in [4.78, 5) is 79.4. The van der Waals surface area contributed by atoms with Crippen LogP contribution in [0.4, 0.5) is 31.8 Å². The van der Waals surface area contributed by atoms with Crippen LogP contribution in [-0.4, -0.2) is 172 Å². The number of para-hydroxylation sites is 1. The van der Waals surface area contributed by atoms with E-state index in [0.29, 0.717) is 98.8 Å². The zero-order valence-electron chi connectivity index (χ0n) is 54.0. The molecule has 11 atom stereocenters. The van der Waals surface area contributed by atoms with Gasteiger partial charge in [-0.3, -0.25) is 41.9 Å². The van der Waals surface area contributed by atoms with Crippen molar-refractivity contribution in [2.45, 2.75) is 132 Å². The normalized spacial score (nSPS) is 22.8. The van der Waals surface area contributed by atoms with E-state index in [1.165, 1.54) is 21.8 Å². The summed E-state index contributed by atoms with van der Waals surface area (Å²) in [7, 11) is -3.66. The number of alkyl halides is 2. The van der Waals surface area contributed by atoms with Gasteiger partial charge in [-0.25, -0.2) is 52.5 Å². The third-order valence-corrected chi connectivity index (χ3v) is 21.6. The molecule has 9 heterocycles. The molecule has 0 aliphatic carbocycles. The van der Waals surface area contributed by atoms with Crippen LogP contribution in [0.25, 0.3) is 44.8 Å². The monoisotopic (exact) mass is 1470 g/mol. The first-order valence-corrected chi connectivity index (χ1v) is 37.3. The molecule has 0 radical (unpaired) electrons. The smallest absolute Gasteiger partial charge is 0.388 e. The number of rotatable bonds is 28. The molecule has 2 unspecified atom stereocenters. The molecule has 39 heteroatoms. The maximum absolute atomic E-state index is 17.0. The molecule has 5 aromatic heterocycles. The molecular formula is C62H71F2N17O16P3S+. The minimum absolute atomic E-state index is 0.0144. The summed E-state index contributed by atoms with van der Waals surface area (Å²) in [6, 6.07) is 21.8. The number of amides is 4. The van der Waals surface area contributed by atoms with Crippen LogP contribution in [0.3, 0.4) is 0 Å². The summed E-state index contributed by atoms with van der Waals surface area (Å²) in [5.41, 5.74) is 18.1. The molecule has 101 heavy (non-hydrogen) atoms. The molecule has 0 bridgehead atoms. The van der Waals surface area contributed by atoms with E-state index in [4.69, 9.17) is 43.8 Å². The number of aromatic nitrogens is 11. The van der Waals surface area contributed by atoms with Gasteiger partial charge in [0.05, 0.1) is 56.9 Å². The SMILES string of the molecule is Nc1ncnc2c1ncn2[C@@H]1O[C@@H]2CO[P@](=O)(SCc3ccc(NC(=O)CNC(=O)CCCCCn4nnc5c4-c4ccccc4N(C(=O)CCCCC(=O)NCCCOCC(O)COP=O)Cc4ccccc4-5)cc3)O[C@H]3[C@@H](F)[C@H](n4cnc5c(N)ncnc54)O[C@@H]3CO[P+](=O)O[C@H]2[C@H]1F. The van der Waals surface area contributed by atoms with Gasteiger partial charge in [0.1, 0.15) is 60.4 Å². The Hall–Kier alpha value is -8.34. The molecule has 4 aliphatic heterocycles. The second kappa shape index (κ2) is 33.6. The summed E-state index contributed by atoms with van der Waals surface area (Å²) >= 11 is 0.670. The molecule has 4 aliphatic rings. The number of nitrogens with one attached hydrogen (secondary N) is 3. The fourth-order valence-corrected chi connectivity index (χ4v) is 16.3. The second-order valence-corrected chi connectivity index (χ2v) is 29.2. The number of fused-ring (bicyclic) bond motifs is 9. The Morgan fingerprint density at radius 3 is 2.14 bits per heavy atom. The van der Waals surface area contributed by atoms with Crippen molar-refractivity contribution < 1.29 is 83.6 Å². The van der Waals surface area contributed by atoms with Crippen molar-refractivity contribution in [3.8, 4) is 22.5 Å². The van der Waals surface area contributed by atoms with Crippen LogP contribution in [0.1, 0.15) is 81.4 Å². The highest BCUT2D eigenvalue weighted by Crippen LogP contribution is 2.64. The third-order valence-electron chi connectivity index (χ3n) is 17.0. The molecule has 8 aromatic rings. The number of aliphatic hydroxyl groups excluding tert-OH is 1. The minimum Gasteiger partial charge on any atom is -0.388 e. The van der Waals surface area contributed by atoms with Crippen molar-refractivity contribution in [3.05, 3.63) is 109 Å². The predicted octanol–water partition coefficient (Wildman–Crippen LogP) is 7.57. The number of aryl methyl sites for hydroxylation is 1. The average Bonchev–Trinajstić information content (AvgIpc) is 1.70. The zero-order valence-corrected chi connectivity index (χ0v) is 57.5. The van der Waals surface area contributed by atoms with Gasteiger partial charge in [-0.2, -0.15) is 0 Å². The zero-order chi connectivity index (χ0) is 70.6. The fraction of sp³-hybridized carbons (Fsp3) is 0.452. The lowest BCUT2D eigenvalue weighted by molar-refractivity contribution is -0.124. The molecule has 4 amide bonds. The molecular weight excluding hydrogens is 1400 g/mol. The number of carbonyl (C=O) groups excluding carboxylic acids is 4. The number of hydrogen-bond donors (Lipinski definition) is 6. The van der Waals surface area contributed by atoms with Gasteiger partial charge in [0, 0.05) is 66.1 Å². The highest BCUT2D eigenvalue weighted by molar-refractivity contribution is 8.54. The predicted molar refractivity (Wildman–Crippen MR) is 360 cm³/mol. The van der Waals surface area contributed by atoms with Crippen LogP contribution < -0.4 is 32.3 Å². The molecule has 3 fully saturated rings. The molecule has 0 spiro atoms. The fourth-order valence-electron chi connectivity index (χ4n) is 11.9. The third kappa shape index (κ3) is 17.4. The van der Waals surface area contributed by atoms with E-state index in [9.17, 15) is 33.4 Å². The van der Waals surface area contributed by atoms with E-state index in [0.717, 1.165) is 35.0 Å². The van der Waals surface area contributed by atoms with Crippen molar-refractivity contribution in [3.63, 3.8) is 0 Å². The summed E-state index contributed by atoms with van der Waals surface area (Å²) < 4.78 is 122. The van der Waals surface area contributed by atoms with Gasteiger partial charge in [-0.05, 0) is 72.8 Å². The van der Waals surface area contributed by atoms with Gasteiger partial charge in [-0.15, -0.1) is 14.1 Å². The van der Waals surface area contributed by atoms with Crippen LogP contribution in [0.2, 0.25) is 0 Å². The number of nitrogens with two attached hydrogens (primary N) is 2. The average molecular weight is 1470 g/mol. The number of anilines is 4.